The highest BCUT2D eigenvalue weighted by molar-refractivity contribution is 6.23. The van der Waals surface area contributed by atoms with Crippen molar-refractivity contribution in [3.8, 4) is 0 Å². The Morgan fingerprint density at radius 1 is 1.00 bits per heavy atom. The number of imide groups is 2. The molecule has 4 amide bonds. The number of carbonyl (C=O) groups is 5. The first kappa shape index (κ1) is 20.2. The fourth-order valence-electron chi connectivity index (χ4n) is 4.17. The summed E-state index contributed by atoms with van der Waals surface area (Å²) in [7, 11) is 0. The van der Waals surface area contributed by atoms with Gasteiger partial charge >= 0.3 is 5.97 Å². The van der Waals surface area contributed by atoms with E-state index in [-0.39, 0.29) is 24.0 Å². The highest BCUT2D eigenvalue weighted by atomic mass is 16.7. The van der Waals surface area contributed by atoms with E-state index >= 15 is 0 Å². The van der Waals surface area contributed by atoms with Gasteiger partial charge in [-0.15, -0.1) is 5.06 Å². The minimum Gasteiger partial charge on any atom is -0.328 e. The molecule has 3 aliphatic heterocycles. The molecular formula is C21H23N3O6. The Kier molecular flexibility index (Phi) is 4.93. The van der Waals surface area contributed by atoms with E-state index in [9.17, 15) is 24.0 Å². The van der Waals surface area contributed by atoms with Crippen molar-refractivity contribution in [2.24, 2.45) is 0 Å². The molecule has 0 spiro atoms. The van der Waals surface area contributed by atoms with Crippen LogP contribution < -0.4 is 0 Å². The summed E-state index contributed by atoms with van der Waals surface area (Å²) in [5.41, 5.74) is -0.587. The molecule has 0 radical (unpaired) electrons. The molecule has 0 aromatic heterocycles. The molecule has 1 aromatic carbocycles. The summed E-state index contributed by atoms with van der Waals surface area (Å²) in [4.78, 5) is 71.7. The Morgan fingerprint density at radius 3 is 2.13 bits per heavy atom. The van der Waals surface area contributed by atoms with Crippen LogP contribution in [0.5, 0.6) is 0 Å². The van der Waals surface area contributed by atoms with Crippen LogP contribution in [-0.2, 0) is 19.2 Å². The fourth-order valence-corrected chi connectivity index (χ4v) is 4.17. The van der Waals surface area contributed by atoms with E-state index in [4.69, 9.17) is 4.84 Å². The lowest BCUT2D eigenvalue weighted by molar-refractivity contribution is -0.214. The largest absolute Gasteiger partial charge is 0.352 e. The fraction of sp³-hybridized carbons (Fsp3) is 0.476. The zero-order valence-electron chi connectivity index (χ0n) is 16.9. The number of rotatable bonds is 4. The van der Waals surface area contributed by atoms with Crippen LogP contribution in [-0.4, -0.2) is 69.1 Å². The molecule has 158 valence electrons. The lowest BCUT2D eigenvalue weighted by Gasteiger charge is -2.36. The number of piperidine rings is 1. The Labute approximate surface area is 173 Å². The molecule has 2 fully saturated rings. The van der Waals surface area contributed by atoms with Crippen molar-refractivity contribution in [3.05, 3.63) is 35.4 Å². The predicted molar refractivity (Wildman–Crippen MR) is 103 cm³/mol. The van der Waals surface area contributed by atoms with E-state index in [0.717, 1.165) is 30.8 Å². The molecule has 3 heterocycles. The van der Waals surface area contributed by atoms with Crippen LogP contribution in [0, 0.1) is 0 Å². The molecule has 0 aliphatic carbocycles. The lowest BCUT2D eigenvalue weighted by Crippen LogP contribution is -2.58. The normalized spacial score (nSPS) is 22.7. The molecule has 0 unspecified atom stereocenters. The Hall–Kier alpha value is -3.07. The van der Waals surface area contributed by atoms with Crippen molar-refractivity contribution >= 4 is 29.6 Å². The molecule has 30 heavy (non-hydrogen) atoms. The van der Waals surface area contributed by atoms with E-state index in [0.29, 0.717) is 5.06 Å². The third kappa shape index (κ3) is 3.09. The van der Waals surface area contributed by atoms with Crippen molar-refractivity contribution in [1.82, 2.24) is 14.9 Å². The molecule has 1 atom stereocenters. The first-order valence-corrected chi connectivity index (χ1v) is 10.0. The molecule has 4 rings (SSSR count). The number of amides is 4. The molecule has 3 aliphatic rings. The maximum Gasteiger partial charge on any atom is 0.352 e. The number of benzene rings is 1. The molecule has 0 bridgehead atoms. The van der Waals surface area contributed by atoms with Crippen molar-refractivity contribution in [1.29, 1.82) is 0 Å². The Balaban J connectivity index is 1.54. The second kappa shape index (κ2) is 7.32. The first-order chi connectivity index (χ1) is 14.2. The van der Waals surface area contributed by atoms with Gasteiger partial charge in [0, 0.05) is 6.42 Å². The van der Waals surface area contributed by atoms with Crippen LogP contribution >= 0.6 is 0 Å². The molecule has 2 saturated heterocycles. The average molecular weight is 413 g/mol. The van der Waals surface area contributed by atoms with Gasteiger partial charge in [-0.2, -0.15) is 0 Å². The standard InChI is InChI=1S/C21H23N3O6/c1-21(2,22-11-5-6-12-22)20(29)30-24-16(25)10-9-15(19(24)28)23-17(26)13-7-3-4-8-14(13)18(23)27/h3-4,7-8,15H,5-6,9-12H2,1-2H3/t15-/m0/s1. The van der Waals surface area contributed by atoms with Gasteiger partial charge in [0.2, 0.25) is 0 Å². The van der Waals surface area contributed by atoms with Crippen LogP contribution in [0.1, 0.15) is 60.2 Å². The molecule has 0 saturated carbocycles. The van der Waals surface area contributed by atoms with Crippen molar-refractivity contribution in [3.63, 3.8) is 0 Å². The summed E-state index contributed by atoms with van der Waals surface area (Å²) < 4.78 is 0. The molecule has 1 aromatic rings. The average Bonchev–Trinajstić information content (AvgIpc) is 3.35. The van der Waals surface area contributed by atoms with Crippen molar-refractivity contribution in [2.45, 2.75) is 51.1 Å². The minimum atomic E-state index is -1.20. The van der Waals surface area contributed by atoms with Crippen LogP contribution in [0.3, 0.4) is 0 Å². The smallest absolute Gasteiger partial charge is 0.328 e. The lowest BCUT2D eigenvalue weighted by atomic mass is 10.0. The Morgan fingerprint density at radius 2 is 1.57 bits per heavy atom. The van der Waals surface area contributed by atoms with Gasteiger partial charge in [-0.25, -0.2) is 4.79 Å². The number of likely N-dealkylation sites (tertiary alicyclic amines) is 1. The maximum absolute atomic E-state index is 13.0. The summed E-state index contributed by atoms with van der Waals surface area (Å²) in [5, 5.41) is 0.428. The van der Waals surface area contributed by atoms with Gasteiger partial charge in [-0.05, 0) is 58.3 Å². The molecular weight excluding hydrogens is 390 g/mol. The van der Waals surface area contributed by atoms with E-state index in [1.807, 2.05) is 4.90 Å². The summed E-state index contributed by atoms with van der Waals surface area (Å²) in [6.45, 7) is 4.81. The molecule has 0 N–H and O–H groups in total. The monoisotopic (exact) mass is 413 g/mol. The van der Waals surface area contributed by atoms with E-state index < -0.39 is 41.2 Å². The highest BCUT2D eigenvalue weighted by Gasteiger charge is 2.49. The topological polar surface area (TPSA) is 104 Å². The first-order valence-electron chi connectivity index (χ1n) is 10.0. The zero-order valence-corrected chi connectivity index (χ0v) is 16.9. The number of carbonyl (C=O) groups excluding carboxylic acids is 5. The number of fused-ring (bicyclic) bond motifs is 1. The zero-order chi connectivity index (χ0) is 21.6. The summed E-state index contributed by atoms with van der Waals surface area (Å²) in [6.07, 6.45) is 1.79. The predicted octanol–water partition coefficient (Wildman–Crippen LogP) is 1.13. The van der Waals surface area contributed by atoms with Gasteiger partial charge < -0.3 is 4.84 Å². The van der Waals surface area contributed by atoms with Gasteiger partial charge in [0.25, 0.3) is 23.6 Å². The number of nitrogens with zero attached hydrogens (tertiary/aromatic N) is 3. The van der Waals surface area contributed by atoms with Crippen molar-refractivity contribution in [2.75, 3.05) is 13.1 Å². The van der Waals surface area contributed by atoms with Crippen LogP contribution in [0.15, 0.2) is 24.3 Å². The van der Waals surface area contributed by atoms with Crippen LogP contribution in [0.25, 0.3) is 0 Å². The van der Waals surface area contributed by atoms with E-state index in [1.165, 1.54) is 12.1 Å². The number of hydrogen-bond acceptors (Lipinski definition) is 7. The Bertz CT molecular complexity index is 915. The van der Waals surface area contributed by atoms with Gasteiger partial charge in [-0.1, -0.05) is 12.1 Å². The second-order valence-corrected chi connectivity index (χ2v) is 8.24. The van der Waals surface area contributed by atoms with E-state index in [2.05, 4.69) is 0 Å². The van der Waals surface area contributed by atoms with Crippen LogP contribution in [0.4, 0.5) is 0 Å². The number of hydroxylamine groups is 2. The van der Waals surface area contributed by atoms with E-state index in [1.54, 1.807) is 26.0 Å². The van der Waals surface area contributed by atoms with Gasteiger partial charge in [0.15, 0.2) is 0 Å². The molecule has 9 heteroatoms. The summed E-state index contributed by atoms with van der Waals surface area (Å²) >= 11 is 0. The maximum atomic E-state index is 13.0. The SMILES string of the molecule is CC(C)(C(=O)ON1C(=O)CC[C@H](N2C(=O)c3ccccc3C2=O)C1=O)N1CCCC1. The van der Waals surface area contributed by atoms with Gasteiger partial charge in [-0.3, -0.25) is 29.0 Å². The third-order valence-electron chi connectivity index (χ3n) is 6.05. The summed E-state index contributed by atoms with van der Waals surface area (Å²) in [6, 6.07) is 5.11. The third-order valence-corrected chi connectivity index (χ3v) is 6.05. The van der Waals surface area contributed by atoms with Gasteiger partial charge in [0.05, 0.1) is 11.1 Å². The summed E-state index contributed by atoms with van der Waals surface area (Å²) in [5.74, 6) is -3.46. The minimum absolute atomic E-state index is 0.00724. The molecule has 9 nitrogen and oxygen atoms in total. The van der Waals surface area contributed by atoms with Crippen molar-refractivity contribution < 1.29 is 28.8 Å². The van der Waals surface area contributed by atoms with Gasteiger partial charge in [0.1, 0.15) is 11.6 Å². The quantitative estimate of drug-likeness (QED) is 0.682. The van der Waals surface area contributed by atoms with Crippen LogP contribution in [0.2, 0.25) is 0 Å². The highest BCUT2D eigenvalue weighted by Crippen LogP contribution is 2.30. The second-order valence-electron chi connectivity index (χ2n) is 8.24. The number of hydrogen-bond donors (Lipinski definition) is 0.